The predicted molar refractivity (Wildman–Crippen MR) is 149 cm³/mol. The summed E-state index contributed by atoms with van der Waals surface area (Å²) in [6.07, 6.45) is -1.17. The van der Waals surface area contributed by atoms with Gasteiger partial charge >= 0.3 is 6.18 Å². The van der Waals surface area contributed by atoms with Gasteiger partial charge in [-0.25, -0.2) is 18.1 Å². The van der Waals surface area contributed by atoms with Gasteiger partial charge in [0.15, 0.2) is 0 Å². The Hall–Kier alpha value is -4.22. The van der Waals surface area contributed by atoms with E-state index in [1.165, 1.54) is 0 Å². The van der Waals surface area contributed by atoms with Crippen LogP contribution in [0.25, 0.3) is 0 Å². The van der Waals surface area contributed by atoms with Gasteiger partial charge in [-0.15, -0.1) is 0 Å². The summed E-state index contributed by atoms with van der Waals surface area (Å²) in [5, 5.41) is 6.09. The Morgan fingerprint density at radius 3 is 2.44 bits per heavy atom. The molecule has 0 radical (unpaired) electrons. The molecule has 0 spiro atoms. The summed E-state index contributed by atoms with van der Waals surface area (Å²) in [4.78, 5) is 17.0. The van der Waals surface area contributed by atoms with E-state index in [0.29, 0.717) is 42.9 Å². The summed E-state index contributed by atoms with van der Waals surface area (Å²) < 4.78 is 67.2. The molecule has 1 atom stereocenters. The zero-order valence-corrected chi connectivity index (χ0v) is 22.6. The minimum absolute atomic E-state index is 0.246. The highest BCUT2D eigenvalue weighted by Crippen LogP contribution is 2.35. The summed E-state index contributed by atoms with van der Waals surface area (Å²) in [5.41, 5.74) is 2.86. The fourth-order valence-corrected chi connectivity index (χ4v) is 6.02. The Labute approximate surface area is 235 Å². The van der Waals surface area contributed by atoms with E-state index in [1.807, 2.05) is 42.5 Å². The van der Waals surface area contributed by atoms with E-state index in [1.54, 1.807) is 24.4 Å². The molecule has 1 aliphatic carbocycles. The van der Waals surface area contributed by atoms with Crippen molar-refractivity contribution in [3.8, 4) is 0 Å². The molecule has 7 nitrogen and oxygen atoms in total. The second-order valence-corrected chi connectivity index (χ2v) is 11.4. The number of fused-ring (bicyclic) bond motifs is 1. The maximum Gasteiger partial charge on any atom is 0.416 e. The first-order valence-corrected chi connectivity index (χ1v) is 14.4. The van der Waals surface area contributed by atoms with Crippen molar-refractivity contribution in [3.05, 3.63) is 119 Å². The highest BCUT2D eigenvalue weighted by molar-refractivity contribution is 7.89. The topological polar surface area (TPSA) is 100 Å². The third-order valence-electron chi connectivity index (χ3n) is 6.87. The van der Waals surface area contributed by atoms with Crippen molar-refractivity contribution >= 4 is 27.4 Å². The van der Waals surface area contributed by atoms with Crippen molar-refractivity contribution in [1.82, 2.24) is 15.0 Å². The molecule has 1 amide bonds. The first-order valence-electron chi connectivity index (χ1n) is 13.0. The number of sulfonamides is 1. The van der Waals surface area contributed by atoms with Gasteiger partial charge in [0.2, 0.25) is 10.0 Å². The molecule has 1 aliphatic rings. The van der Waals surface area contributed by atoms with E-state index in [9.17, 15) is 26.4 Å². The van der Waals surface area contributed by atoms with Gasteiger partial charge in [0.05, 0.1) is 16.0 Å². The van der Waals surface area contributed by atoms with Gasteiger partial charge < -0.3 is 10.6 Å². The van der Waals surface area contributed by atoms with Gasteiger partial charge in [0.1, 0.15) is 5.82 Å². The molecule has 1 unspecified atom stereocenters. The highest BCUT2D eigenvalue weighted by Gasteiger charge is 2.32. The lowest BCUT2D eigenvalue weighted by Gasteiger charge is -2.17. The predicted octanol–water partition coefficient (Wildman–Crippen LogP) is 5.78. The SMILES string of the molecule is O=C(NCCc1ccccc1)c1cccnc1Nc1ccc2c(c1)C(NS(=O)(=O)c1ccc(C(F)(F)F)cc1)CC2. The second kappa shape index (κ2) is 11.7. The molecule has 0 aliphatic heterocycles. The summed E-state index contributed by atoms with van der Waals surface area (Å²) in [7, 11) is -4.07. The van der Waals surface area contributed by atoms with E-state index in [4.69, 9.17) is 0 Å². The molecule has 212 valence electrons. The molecular formula is C30H27F3N4O3S. The Morgan fingerprint density at radius 1 is 0.951 bits per heavy atom. The molecule has 1 aromatic heterocycles. The van der Waals surface area contributed by atoms with E-state index < -0.39 is 27.8 Å². The zero-order valence-electron chi connectivity index (χ0n) is 21.8. The number of carbonyl (C=O) groups is 1. The van der Waals surface area contributed by atoms with Crippen LogP contribution in [0.15, 0.2) is 96.0 Å². The first kappa shape index (κ1) is 28.3. The second-order valence-electron chi connectivity index (χ2n) is 9.66. The van der Waals surface area contributed by atoms with Crippen LogP contribution in [0.3, 0.4) is 0 Å². The molecular weight excluding hydrogens is 553 g/mol. The molecule has 41 heavy (non-hydrogen) atoms. The number of aryl methyl sites for hydroxylation is 1. The lowest BCUT2D eigenvalue weighted by Crippen LogP contribution is -2.27. The van der Waals surface area contributed by atoms with Crippen LogP contribution in [0.4, 0.5) is 24.7 Å². The minimum atomic E-state index is -4.56. The van der Waals surface area contributed by atoms with Crippen molar-refractivity contribution in [3.63, 3.8) is 0 Å². The normalized spacial score (nSPS) is 14.9. The number of anilines is 2. The Bertz CT molecular complexity index is 1640. The molecule has 0 fully saturated rings. The number of hydrogen-bond donors (Lipinski definition) is 3. The van der Waals surface area contributed by atoms with Crippen LogP contribution < -0.4 is 15.4 Å². The summed E-state index contributed by atoms with van der Waals surface area (Å²) in [6, 6.07) is 21.5. The van der Waals surface area contributed by atoms with E-state index in [0.717, 1.165) is 41.0 Å². The Morgan fingerprint density at radius 2 is 1.71 bits per heavy atom. The fourth-order valence-electron chi connectivity index (χ4n) is 4.77. The van der Waals surface area contributed by atoms with Crippen molar-refractivity contribution < 1.29 is 26.4 Å². The summed E-state index contributed by atoms with van der Waals surface area (Å²) in [5.74, 6) is 0.0735. The molecule has 4 aromatic rings. The van der Waals surface area contributed by atoms with E-state index in [-0.39, 0.29) is 10.8 Å². The number of benzene rings is 3. The van der Waals surface area contributed by atoms with Crippen LogP contribution in [-0.4, -0.2) is 25.9 Å². The number of pyridine rings is 1. The largest absolute Gasteiger partial charge is 0.416 e. The number of carbonyl (C=O) groups excluding carboxylic acids is 1. The molecule has 11 heteroatoms. The number of amides is 1. The van der Waals surface area contributed by atoms with Crippen LogP contribution >= 0.6 is 0 Å². The number of aromatic nitrogens is 1. The molecule has 1 heterocycles. The molecule has 0 bridgehead atoms. The Kier molecular flexibility index (Phi) is 8.09. The molecule has 0 saturated carbocycles. The lowest BCUT2D eigenvalue weighted by atomic mass is 10.1. The fraction of sp³-hybridized carbons (Fsp3) is 0.200. The van der Waals surface area contributed by atoms with Gasteiger partial charge in [-0.1, -0.05) is 36.4 Å². The van der Waals surface area contributed by atoms with Crippen molar-refractivity contribution in [1.29, 1.82) is 0 Å². The van der Waals surface area contributed by atoms with Gasteiger partial charge in [-0.05, 0) is 84.5 Å². The first-order chi connectivity index (χ1) is 19.6. The smallest absolute Gasteiger partial charge is 0.352 e. The maximum atomic E-state index is 13.0. The van der Waals surface area contributed by atoms with Gasteiger partial charge in [-0.2, -0.15) is 13.2 Å². The third kappa shape index (κ3) is 6.75. The van der Waals surface area contributed by atoms with Crippen molar-refractivity contribution in [2.75, 3.05) is 11.9 Å². The molecule has 5 rings (SSSR count). The standard InChI is InChI=1S/C30H27F3N4O3S/c31-30(32,33)22-10-13-24(14-11-22)41(39,40)37-27-15-9-21-8-12-23(19-26(21)27)36-28-25(7-4-17-34-28)29(38)35-18-16-20-5-2-1-3-6-20/h1-8,10-14,17,19,27,37H,9,15-16,18H2,(H,34,36)(H,35,38). The van der Waals surface area contributed by atoms with Crippen LogP contribution in [0.2, 0.25) is 0 Å². The molecule has 0 saturated heterocycles. The summed E-state index contributed by atoms with van der Waals surface area (Å²) >= 11 is 0. The van der Waals surface area contributed by atoms with Crippen LogP contribution in [0, 0.1) is 0 Å². The number of alkyl halides is 3. The van der Waals surface area contributed by atoms with Crippen LogP contribution in [0.1, 0.15) is 45.1 Å². The molecule has 3 aromatic carbocycles. The quantitative estimate of drug-likeness (QED) is 0.233. The van der Waals surface area contributed by atoms with Gasteiger partial charge in [-0.3, -0.25) is 4.79 Å². The maximum absolute atomic E-state index is 13.0. The molecule has 3 N–H and O–H groups in total. The summed E-state index contributed by atoms with van der Waals surface area (Å²) in [6.45, 7) is 0.455. The van der Waals surface area contributed by atoms with Gasteiger partial charge in [0.25, 0.3) is 5.91 Å². The monoisotopic (exact) mass is 580 g/mol. The lowest BCUT2D eigenvalue weighted by molar-refractivity contribution is -0.137. The average molecular weight is 581 g/mol. The average Bonchev–Trinajstić information content (AvgIpc) is 3.34. The Balaban J connectivity index is 1.28. The van der Waals surface area contributed by atoms with E-state index in [2.05, 4.69) is 20.3 Å². The number of nitrogens with one attached hydrogen (secondary N) is 3. The van der Waals surface area contributed by atoms with Crippen LogP contribution in [0.5, 0.6) is 0 Å². The van der Waals surface area contributed by atoms with Crippen LogP contribution in [-0.2, 0) is 29.0 Å². The van der Waals surface area contributed by atoms with Crippen molar-refractivity contribution in [2.24, 2.45) is 0 Å². The highest BCUT2D eigenvalue weighted by atomic mass is 32.2. The minimum Gasteiger partial charge on any atom is -0.352 e. The number of halogens is 3. The zero-order chi connectivity index (χ0) is 29.0. The number of hydrogen-bond acceptors (Lipinski definition) is 5. The number of nitrogens with zero attached hydrogens (tertiary/aromatic N) is 1. The van der Waals surface area contributed by atoms with Crippen molar-refractivity contribution in [2.45, 2.75) is 36.4 Å². The van der Waals surface area contributed by atoms with Gasteiger partial charge in [0, 0.05) is 24.5 Å². The van der Waals surface area contributed by atoms with E-state index >= 15 is 0 Å². The number of rotatable bonds is 9. The third-order valence-corrected chi connectivity index (χ3v) is 8.36.